The molecule has 3 rings (SSSR count). The Labute approximate surface area is 104 Å². The van der Waals surface area contributed by atoms with E-state index in [1.807, 2.05) is 36.4 Å². The van der Waals surface area contributed by atoms with Gasteiger partial charge in [0.2, 0.25) is 0 Å². The molecule has 0 unspecified atom stereocenters. The van der Waals surface area contributed by atoms with Crippen molar-refractivity contribution in [3.05, 3.63) is 59.4 Å². The van der Waals surface area contributed by atoms with E-state index in [1.165, 1.54) is 10.9 Å². The van der Waals surface area contributed by atoms with Crippen molar-refractivity contribution in [2.24, 2.45) is 0 Å². The first kappa shape index (κ1) is 10.4. The average Bonchev–Trinajstić information content (AvgIpc) is 2.68. The van der Waals surface area contributed by atoms with E-state index in [0.717, 1.165) is 16.4 Å². The van der Waals surface area contributed by atoms with Crippen LogP contribution in [0.15, 0.2) is 48.8 Å². The third-order valence-electron chi connectivity index (χ3n) is 2.86. The summed E-state index contributed by atoms with van der Waals surface area (Å²) in [6.45, 7) is 2.08. The molecule has 84 valence electrons. The summed E-state index contributed by atoms with van der Waals surface area (Å²) in [5.74, 6) is 0.924. The highest BCUT2D eigenvalue weighted by Gasteiger charge is 2.07. The fourth-order valence-corrected chi connectivity index (χ4v) is 2.22. The van der Waals surface area contributed by atoms with E-state index in [-0.39, 0.29) is 0 Å². The Hall–Kier alpha value is -1.80. The summed E-state index contributed by atoms with van der Waals surface area (Å²) in [6.07, 6.45) is 3.88. The SMILES string of the molecule is Cc1cn(-c2ccccn2)c2ccc(Cl)cc12. The van der Waals surface area contributed by atoms with Crippen molar-refractivity contribution in [3.8, 4) is 5.82 Å². The first-order chi connectivity index (χ1) is 8.25. The highest BCUT2D eigenvalue weighted by atomic mass is 35.5. The Balaban J connectivity index is 2.32. The molecule has 17 heavy (non-hydrogen) atoms. The molecular weight excluding hydrogens is 232 g/mol. The number of pyridine rings is 1. The van der Waals surface area contributed by atoms with Gasteiger partial charge in [0.1, 0.15) is 5.82 Å². The molecule has 2 aromatic heterocycles. The van der Waals surface area contributed by atoms with Crippen LogP contribution in [0.2, 0.25) is 5.02 Å². The van der Waals surface area contributed by atoms with Crippen LogP contribution in [0.4, 0.5) is 0 Å². The van der Waals surface area contributed by atoms with Crippen LogP contribution in [0.1, 0.15) is 5.56 Å². The maximum Gasteiger partial charge on any atom is 0.137 e. The largest absolute Gasteiger partial charge is 0.301 e. The van der Waals surface area contributed by atoms with Gasteiger partial charge in [0, 0.05) is 22.8 Å². The maximum atomic E-state index is 6.02. The van der Waals surface area contributed by atoms with Gasteiger partial charge in [0.25, 0.3) is 0 Å². The summed E-state index contributed by atoms with van der Waals surface area (Å²) < 4.78 is 2.08. The fourth-order valence-electron chi connectivity index (χ4n) is 2.05. The van der Waals surface area contributed by atoms with Gasteiger partial charge in [0.05, 0.1) is 5.52 Å². The normalized spacial score (nSPS) is 10.9. The number of rotatable bonds is 1. The maximum absolute atomic E-state index is 6.02. The summed E-state index contributed by atoms with van der Waals surface area (Å²) in [6, 6.07) is 11.8. The summed E-state index contributed by atoms with van der Waals surface area (Å²) in [5, 5.41) is 1.93. The highest BCUT2D eigenvalue weighted by molar-refractivity contribution is 6.31. The number of aromatic nitrogens is 2. The lowest BCUT2D eigenvalue weighted by molar-refractivity contribution is 1.04. The van der Waals surface area contributed by atoms with Crippen molar-refractivity contribution in [3.63, 3.8) is 0 Å². The molecule has 3 aromatic rings. The summed E-state index contributed by atoms with van der Waals surface area (Å²) in [5.41, 5.74) is 2.33. The number of hydrogen-bond acceptors (Lipinski definition) is 1. The number of aryl methyl sites for hydroxylation is 1. The molecule has 0 aliphatic carbocycles. The quantitative estimate of drug-likeness (QED) is 0.631. The third-order valence-corrected chi connectivity index (χ3v) is 3.10. The molecule has 0 saturated heterocycles. The van der Waals surface area contributed by atoms with Crippen molar-refractivity contribution in [2.45, 2.75) is 6.92 Å². The molecule has 0 radical (unpaired) electrons. The van der Waals surface area contributed by atoms with Gasteiger partial charge in [-0.3, -0.25) is 0 Å². The third kappa shape index (κ3) is 1.71. The van der Waals surface area contributed by atoms with Gasteiger partial charge >= 0.3 is 0 Å². The van der Waals surface area contributed by atoms with E-state index in [2.05, 4.69) is 22.7 Å². The number of nitrogens with zero attached hydrogens (tertiary/aromatic N) is 2. The summed E-state index contributed by atoms with van der Waals surface area (Å²) in [7, 11) is 0. The minimum Gasteiger partial charge on any atom is -0.301 e. The first-order valence-corrected chi connectivity index (χ1v) is 5.82. The van der Waals surface area contributed by atoms with E-state index in [0.29, 0.717) is 0 Å². The Morgan fingerprint density at radius 3 is 2.82 bits per heavy atom. The minimum atomic E-state index is 0.763. The van der Waals surface area contributed by atoms with Gasteiger partial charge in [-0.15, -0.1) is 0 Å². The number of halogens is 1. The zero-order valence-corrected chi connectivity index (χ0v) is 10.1. The van der Waals surface area contributed by atoms with Crippen LogP contribution in [-0.4, -0.2) is 9.55 Å². The van der Waals surface area contributed by atoms with Crippen LogP contribution in [0, 0.1) is 6.92 Å². The molecule has 0 bridgehead atoms. The zero-order valence-electron chi connectivity index (χ0n) is 9.39. The summed E-state index contributed by atoms with van der Waals surface area (Å²) >= 11 is 6.02. The second-order valence-electron chi connectivity index (χ2n) is 4.03. The predicted molar refractivity (Wildman–Crippen MR) is 70.8 cm³/mol. The van der Waals surface area contributed by atoms with Gasteiger partial charge in [-0.1, -0.05) is 17.7 Å². The molecule has 0 fully saturated rings. The molecule has 2 nitrogen and oxygen atoms in total. The first-order valence-electron chi connectivity index (χ1n) is 5.44. The predicted octanol–water partition coefficient (Wildman–Crippen LogP) is 3.99. The molecule has 0 aliphatic rings. The second kappa shape index (κ2) is 3.90. The van der Waals surface area contributed by atoms with Crippen molar-refractivity contribution >= 4 is 22.5 Å². The fraction of sp³-hybridized carbons (Fsp3) is 0.0714. The molecular formula is C14H11ClN2. The molecule has 0 N–H and O–H groups in total. The molecule has 0 saturated carbocycles. The van der Waals surface area contributed by atoms with Gasteiger partial charge < -0.3 is 4.57 Å². The van der Waals surface area contributed by atoms with Crippen molar-refractivity contribution in [2.75, 3.05) is 0 Å². The van der Waals surface area contributed by atoms with Crippen LogP contribution < -0.4 is 0 Å². The van der Waals surface area contributed by atoms with Gasteiger partial charge in [-0.05, 0) is 42.8 Å². The van der Waals surface area contributed by atoms with Crippen LogP contribution in [0.25, 0.3) is 16.7 Å². The van der Waals surface area contributed by atoms with Gasteiger partial charge in [-0.2, -0.15) is 0 Å². The van der Waals surface area contributed by atoms with E-state index in [1.54, 1.807) is 6.20 Å². The van der Waals surface area contributed by atoms with Crippen molar-refractivity contribution in [1.29, 1.82) is 0 Å². The number of hydrogen-bond donors (Lipinski definition) is 0. The number of benzene rings is 1. The molecule has 0 aliphatic heterocycles. The Morgan fingerprint density at radius 1 is 1.18 bits per heavy atom. The molecule has 0 amide bonds. The van der Waals surface area contributed by atoms with Crippen LogP contribution in [-0.2, 0) is 0 Å². The smallest absolute Gasteiger partial charge is 0.137 e. The highest BCUT2D eigenvalue weighted by Crippen LogP contribution is 2.26. The molecule has 3 heteroatoms. The lowest BCUT2D eigenvalue weighted by atomic mass is 10.2. The zero-order chi connectivity index (χ0) is 11.8. The molecule has 1 aromatic carbocycles. The molecule has 0 spiro atoms. The van der Waals surface area contributed by atoms with Gasteiger partial charge in [0.15, 0.2) is 0 Å². The lowest BCUT2D eigenvalue weighted by Gasteiger charge is -2.03. The van der Waals surface area contributed by atoms with Gasteiger partial charge in [-0.25, -0.2) is 4.98 Å². The summed E-state index contributed by atoms with van der Waals surface area (Å²) in [4.78, 5) is 4.36. The van der Waals surface area contributed by atoms with Crippen LogP contribution >= 0.6 is 11.6 Å². The Kier molecular flexibility index (Phi) is 2.37. The standard InChI is InChI=1S/C14H11ClN2/c1-10-9-17(14-4-2-3-7-16-14)13-6-5-11(15)8-12(10)13/h2-9H,1H3. The average molecular weight is 243 g/mol. The Bertz CT molecular complexity index is 671. The number of fused-ring (bicyclic) bond motifs is 1. The van der Waals surface area contributed by atoms with Crippen molar-refractivity contribution in [1.82, 2.24) is 9.55 Å². The van der Waals surface area contributed by atoms with E-state index in [4.69, 9.17) is 11.6 Å². The monoisotopic (exact) mass is 242 g/mol. The molecule has 0 atom stereocenters. The topological polar surface area (TPSA) is 17.8 Å². The van der Waals surface area contributed by atoms with E-state index >= 15 is 0 Å². The van der Waals surface area contributed by atoms with Crippen LogP contribution in [0.5, 0.6) is 0 Å². The van der Waals surface area contributed by atoms with Crippen molar-refractivity contribution < 1.29 is 0 Å². The minimum absolute atomic E-state index is 0.763. The van der Waals surface area contributed by atoms with E-state index in [9.17, 15) is 0 Å². The lowest BCUT2D eigenvalue weighted by Crippen LogP contribution is -1.93. The van der Waals surface area contributed by atoms with Crippen LogP contribution in [0.3, 0.4) is 0 Å². The Morgan fingerprint density at radius 2 is 2.06 bits per heavy atom. The second-order valence-corrected chi connectivity index (χ2v) is 4.47. The van der Waals surface area contributed by atoms with E-state index < -0.39 is 0 Å². The molecule has 2 heterocycles.